The molecule has 5 nitrogen and oxygen atoms in total. The van der Waals surface area contributed by atoms with Crippen molar-refractivity contribution in [3.8, 4) is 0 Å². The lowest BCUT2D eigenvalue weighted by atomic mass is 10.1. The maximum Gasteiger partial charge on any atom is 0.323 e. The molecule has 2 N–H and O–H groups in total. The molecule has 0 saturated carbocycles. The normalized spacial score (nSPS) is 13.2. The molecule has 0 saturated heterocycles. The third-order valence-electron chi connectivity index (χ3n) is 2.67. The van der Waals surface area contributed by atoms with Gasteiger partial charge in [0, 0.05) is 6.42 Å². The molecule has 0 aromatic heterocycles. The molecule has 0 radical (unpaired) electrons. The molecule has 0 aliphatic carbocycles. The number of carboxylic acids is 1. The molecule has 106 valence electrons. The van der Waals surface area contributed by atoms with E-state index in [2.05, 4.69) is 26.6 Å². The number of hydrogen-bond donors (Lipinski definition) is 2. The van der Waals surface area contributed by atoms with Crippen molar-refractivity contribution in [2.45, 2.75) is 12.5 Å². The lowest BCUT2D eigenvalue weighted by Gasteiger charge is -2.24. The molecule has 0 spiro atoms. The molecule has 0 aliphatic rings. The van der Waals surface area contributed by atoms with Crippen molar-refractivity contribution >= 4 is 5.97 Å². The first-order chi connectivity index (χ1) is 8.88. The highest BCUT2D eigenvalue weighted by Crippen LogP contribution is 2.03. The smallest absolute Gasteiger partial charge is 0.323 e. The molecular weight excluding hydrogens is 244 g/mol. The van der Waals surface area contributed by atoms with Crippen LogP contribution in [0.3, 0.4) is 0 Å². The first-order valence-corrected chi connectivity index (χ1v) is 6.33. The van der Waals surface area contributed by atoms with E-state index in [1.54, 1.807) is 0 Å². The van der Waals surface area contributed by atoms with Crippen LogP contribution in [0.4, 0.5) is 0 Å². The van der Waals surface area contributed by atoms with Gasteiger partial charge in [0.1, 0.15) is 19.2 Å². The quantitative estimate of drug-likeness (QED) is 0.417. The summed E-state index contributed by atoms with van der Waals surface area (Å²) in [5, 5.41) is 9.15. The largest absolute Gasteiger partial charge is 0.480 e. The average Bonchev–Trinajstić information content (AvgIpc) is 2.33. The molecular formula is C14H23N2O3+. The predicted molar refractivity (Wildman–Crippen MR) is 73.6 cm³/mol. The number of hydroxylamine groups is 1. The molecule has 1 aromatic carbocycles. The van der Waals surface area contributed by atoms with Crippen molar-refractivity contribution in [3.63, 3.8) is 0 Å². The minimum Gasteiger partial charge on any atom is -0.480 e. The number of benzene rings is 1. The summed E-state index contributed by atoms with van der Waals surface area (Å²) in [6.45, 7) is 1.28. The van der Waals surface area contributed by atoms with E-state index in [0.29, 0.717) is 13.0 Å². The van der Waals surface area contributed by atoms with Gasteiger partial charge in [-0.2, -0.15) is 5.48 Å². The Kier molecular flexibility index (Phi) is 5.95. The van der Waals surface area contributed by atoms with Crippen LogP contribution in [-0.2, 0) is 16.1 Å². The van der Waals surface area contributed by atoms with Gasteiger partial charge in [-0.1, -0.05) is 30.3 Å². The van der Waals surface area contributed by atoms with E-state index >= 15 is 0 Å². The van der Waals surface area contributed by atoms with Crippen LogP contribution in [0.5, 0.6) is 0 Å². The fourth-order valence-electron chi connectivity index (χ4n) is 1.51. The number of aliphatic carboxylic acids is 1. The summed E-state index contributed by atoms with van der Waals surface area (Å²) in [5.41, 5.74) is 3.60. The van der Waals surface area contributed by atoms with E-state index in [4.69, 9.17) is 9.94 Å². The molecule has 5 heteroatoms. The Balaban J connectivity index is 2.40. The maximum atomic E-state index is 11.1. The zero-order chi connectivity index (χ0) is 14.3. The molecule has 0 bridgehead atoms. The van der Waals surface area contributed by atoms with Crippen molar-refractivity contribution < 1.29 is 19.2 Å². The number of hydrogen-bond acceptors (Lipinski definition) is 3. The molecule has 0 unspecified atom stereocenters. The van der Waals surface area contributed by atoms with Gasteiger partial charge >= 0.3 is 5.97 Å². The van der Waals surface area contributed by atoms with Gasteiger partial charge in [-0.05, 0) is 5.56 Å². The van der Waals surface area contributed by atoms with Crippen molar-refractivity contribution in [2.24, 2.45) is 0 Å². The van der Waals surface area contributed by atoms with Crippen LogP contribution in [0.15, 0.2) is 30.3 Å². The lowest BCUT2D eigenvalue weighted by Crippen LogP contribution is -2.42. The van der Waals surface area contributed by atoms with Gasteiger partial charge < -0.3 is 9.59 Å². The lowest BCUT2D eigenvalue weighted by molar-refractivity contribution is -0.871. The zero-order valence-electron chi connectivity index (χ0n) is 11.8. The molecule has 1 aromatic rings. The molecule has 0 heterocycles. The van der Waals surface area contributed by atoms with Crippen LogP contribution >= 0.6 is 0 Å². The minimum atomic E-state index is -0.908. The number of quaternary nitrogens is 1. The van der Waals surface area contributed by atoms with Crippen LogP contribution in [0.1, 0.15) is 5.56 Å². The summed E-state index contributed by atoms with van der Waals surface area (Å²) in [6, 6.07) is 8.78. The van der Waals surface area contributed by atoms with E-state index in [0.717, 1.165) is 16.6 Å². The van der Waals surface area contributed by atoms with Gasteiger partial charge in [-0.25, -0.2) is 0 Å². The van der Waals surface area contributed by atoms with E-state index in [1.165, 1.54) is 0 Å². The molecule has 1 rings (SSSR count). The Morgan fingerprint density at radius 3 is 2.47 bits per heavy atom. The van der Waals surface area contributed by atoms with Crippen molar-refractivity contribution in [1.29, 1.82) is 0 Å². The number of carboxylic acid groups (broad SMARTS) is 1. The van der Waals surface area contributed by atoms with Crippen molar-refractivity contribution in [3.05, 3.63) is 35.9 Å². The molecule has 0 amide bonds. The fraction of sp³-hybridized carbons (Fsp3) is 0.500. The highest BCUT2D eigenvalue weighted by Gasteiger charge is 2.18. The van der Waals surface area contributed by atoms with Crippen molar-refractivity contribution in [2.75, 3.05) is 34.3 Å². The first-order valence-electron chi connectivity index (χ1n) is 6.33. The Labute approximate surface area is 114 Å². The Morgan fingerprint density at radius 2 is 1.95 bits per heavy atom. The number of nitrogens with zero attached hydrogens (tertiary/aromatic N) is 1. The van der Waals surface area contributed by atoms with Gasteiger partial charge in [0.25, 0.3) is 0 Å². The number of nitrogens with one attached hydrogen (secondary N) is 1. The molecule has 1 atom stereocenters. The second-order valence-electron chi connectivity index (χ2n) is 5.56. The summed E-state index contributed by atoms with van der Waals surface area (Å²) in [4.78, 5) is 16.4. The van der Waals surface area contributed by atoms with Gasteiger partial charge in [-0.15, -0.1) is 0 Å². The predicted octanol–water partition coefficient (Wildman–Crippen LogP) is 0.910. The van der Waals surface area contributed by atoms with E-state index < -0.39 is 12.0 Å². The van der Waals surface area contributed by atoms with Gasteiger partial charge in [-0.3, -0.25) is 9.63 Å². The third kappa shape index (κ3) is 6.91. The van der Waals surface area contributed by atoms with E-state index in [1.807, 2.05) is 30.3 Å². The average molecular weight is 267 g/mol. The van der Waals surface area contributed by atoms with Crippen LogP contribution in [0.2, 0.25) is 0 Å². The summed E-state index contributed by atoms with van der Waals surface area (Å²) >= 11 is 0. The van der Waals surface area contributed by atoms with Crippen LogP contribution in [-0.4, -0.2) is 55.9 Å². The van der Waals surface area contributed by atoms with Crippen LogP contribution < -0.4 is 5.48 Å². The number of likely N-dealkylation sites (N-methyl/N-ethyl adjacent to an activating group) is 1. The zero-order valence-corrected chi connectivity index (χ0v) is 11.8. The first kappa shape index (κ1) is 15.6. The van der Waals surface area contributed by atoms with E-state index in [-0.39, 0.29) is 0 Å². The van der Waals surface area contributed by atoms with Crippen LogP contribution in [0, 0.1) is 0 Å². The minimum absolute atomic E-state index is 0.403. The van der Waals surface area contributed by atoms with Gasteiger partial charge in [0.05, 0.1) is 21.1 Å². The topological polar surface area (TPSA) is 58.6 Å². The Hall–Kier alpha value is -1.43. The highest BCUT2D eigenvalue weighted by molar-refractivity contribution is 5.73. The SMILES string of the molecule is C[N+](C)(C)CCON[C@@H](Cc1ccccc1)C(=O)O. The van der Waals surface area contributed by atoms with Gasteiger partial charge in [0.2, 0.25) is 0 Å². The summed E-state index contributed by atoms with van der Waals surface area (Å²) in [7, 11) is 6.17. The molecule has 0 aliphatic heterocycles. The summed E-state index contributed by atoms with van der Waals surface area (Å²) < 4.78 is 0.776. The Morgan fingerprint density at radius 1 is 1.32 bits per heavy atom. The van der Waals surface area contributed by atoms with Crippen LogP contribution in [0.25, 0.3) is 0 Å². The van der Waals surface area contributed by atoms with Crippen molar-refractivity contribution in [1.82, 2.24) is 5.48 Å². The molecule has 0 fully saturated rings. The molecule has 19 heavy (non-hydrogen) atoms. The standard InChI is InChI=1S/C14H22N2O3/c1-16(2,3)9-10-19-15-13(14(17)18)11-12-7-5-4-6-8-12/h4-8,13,15H,9-11H2,1-3H3/p+1/t13-/m0/s1. The fourth-order valence-corrected chi connectivity index (χ4v) is 1.51. The van der Waals surface area contributed by atoms with Gasteiger partial charge in [0.15, 0.2) is 0 Å². The maximum absolute atomic E-state index is 11.1. The number of rotatable bonds is 8. The van der Waals surface area contributed by atoms with E-state index in [9.17, 15) is 4.79 Å². The second-order valence-corrected chi connectivity index (χ2v) is 5.56. The second kappa shape index (κ2) is 7.23. The monoisotopic (exact) mass is 267 g/mol. The third-order valence-corrected chi connectivity index (χ3v) is 2.67. The highest BCUT2D eigenvalue weighted by atomic mass is 16.6. The Bertz CT molecular complexity index is 387. The summed E-state index contributed by atoms with van der Waals surface area (Å²) in [5.74, 6) is -0.908. The number of carbonyl (C=O) groups is 1. The summed E-state index contributed by atoms with van der Waals surface area (Å²) in [6.07, 6.45) is 0.403.